The second-order valence-electron chi connectivity index (χ2n) is 13.3. The first kappa shape index (κ1) is 25.5. The summed E-state index contributed by atoms with van der Waals surface area (Å²) in [5.74, 6) is 0. The lowest BCUT2D eigenvalue weighted by Gasteiger charge is -2.49. The summed E-state index contributed by atoms with van der Waals surface area (Å²) in [5, 5.41) is 0. The minimum atomic E-state index is 0.0720. The molecule has 4 heteroatoms. The van der Waals surface area contributed by atoms with E-state index in [0.29, 0.717) is 0 Å². The van der Waals surface area contributed by atoms with Crippen LogP contribution in [0, 0.1) is 6.92 Å². The smallest absolute Gasteiger partial charge is 0.329 e. The van der Waals surface area contributed by atoms with Gasteiger partial charge in [0.1, 0.15) is 0 Å². The second kappa shape index (κ2) is 9.18. The third kappa shape index (κ3) is 3.27. The number of rotatable bonds is 1. The Kier molecular flexibility index (Phi) is 4.97. The summed E-state index contributed by atoms with van der Waals surface area (Å²) in [5.41, 5.74) is 22.4. The molecule has 0 unspecified atom stereocenters. The van der Waals surface area contributed by atoms with Crippen molar-refractivity contribution in [2.24, 2.45) is 0 Å². The largest absolute Gasteiger partial charge is 0.376 e. The quantitative estimate of drug-likeness (QED) is 0.179. The molecule has 0 N–H and O–H groups in total. The molecule has 216 valence electrons. The van der Waals surface area contributed by atoms with Gasteiger partial charge in [-0.15, -0.1) is 0 Å². The van der Waals surface area contributed by atoms with E-state index in [0.717, 1.165) is 0 Å². The van der Waals surface area contributed by atoms with Gasteiger partial charge in [0.25, 0.3) is 0 Å². The summed E-state index contributed by atoms with van der Waals surface area (Å²) in [6.45, 7) is 2.37. The molecule has 4 aliphatic heterocycles. The Morgan fingerprint density at radius 2 is 0.957 bits per heavy atom. The van der Waals surface area contributed by atoms with Crippen LogP contribution in [0.5, 0.6) is 0 Å². The zero-order valence-corrected chi connectivity index (χ0v) is 26.0. The van der Waals surface area contributed by atoms with Gasteiger partial charge < -0.3 is 9.62 Å². The minimum Gasteiger partial charge on any atom is -0.376 e. The minimum absolute atomic E-state index is 0.0720. The van der Waals surface area contributed by atoms with Crippen LogP contribution in [-0.2, 0) is 0 Å². The van der Waals surface area contributed by atoms with Gasteiger partial charge in [-0.1, -0.05) is 121 Å². The van der Waals surface area contributed by atoms with Crippen LogP contribution in [0.2, 0.25) is 0 Å². The number of aryl methyl sites for hydroxylation is 1. The van der Waals surface area contributed by atoms with Crippen molar-refractivity contribution in [1.29, 1.82) is 0 Å². The predicted molar refractivity (Wildman–Crippen MR) is 200 cm³/mol. The van der Waals surface area contributed by atoms with Crippen molar-refractivity contribution < 1.29 is 0 Å². The van der Waals surface area contributed by atoms with E-state index in [1.54, 1.807) is 0 Å². The standard InChI is InChI=1S/C43H28B2N2/c1-27-21-24-39-33(25-27)30-13-5-7-15-34(30)44-36-16-9-17-37-42(36)43-40(19-10-20-41(43)47(39)44)46-38-18-8-6-14-31(38)32-26-29(22-23-35(32)45(37)46)28-11-3-2-4-12-28/h2-26H,1H3. The SMILES string of the molecule is Cc1ccc2c(c1)-c1ccccc1B1c3cccc4c3-c3c(cccc3N12)N1B4c2ccc(-c3ccccc3)cc2-c2ccccc21. The molecular weight excluding hydrogens is 566 g/mol. The van der Waals surface area contributed by atoms with Crippen LogP contribution in [0.3, 0.4) is 0 Å². The molecule has 11 rings (SSSR count). The number of hydrogen-bond acceptors (Lipinski definition) is 2. The molecule has 47 heavy (non-hydrogen) atoms. The van der Waals surface area contributed by atoms with Gasteiger partial charge >= 0.3 is 13.7 Å². The highest BCUT2D eigenvalue weighted by Gasteiger charge is 2.49. The van der Waals surface area contributed by atoms with Crippen molar-refractivity contribution in [2.75, 3.05) is 9.62 Å². The highest BCUT2D eigenvalue weighted by molar-refractivity contribution is 6.97. The topological polar surface area (TPSA) is 6.48 Å². The van der Waals surface area contributed by atoms with Crippen molar-refractivity contribution >= 4 is 58.3 Å². The first-order chi connectivity index (χ1) is 23.3. The highest BCUT2D eigenvalue weighted by Crippen LogP contribution is 2.53. The van der Waals surface area contributed by atoms with Gasteiger partial charge in [0, 0.05) is 39.4 Å². The maximum Gasteiger partial charge on any atom is 0.329 e. The molecule has 0 saturated heterocycles. The van der Waals surface area contributed by atoms with Crippen LogP contribution in [-0.4, -0.2) is 13.7 Å². The summed E-state index contributed by atoms with van der Waals surface area (Å²) >= 11 is 0. The molecule has 0 fully saturated rings. The number of para-hydroxylation sites is 1. The van der Waals surface area contributed by atoms with Crippen molar-refractivity contribution in [1.82, 2.24) is 0 Å². The number of anilines is 4. The van der Waals surface area contributed by atoms with Gasteiger partial charge in [0.05, 0.1) is 0 Å². The van der Waals surface area contributed by atoms with Gasteiger partial charge in [-0.05, 0) is 93.0 Å². The number of benzene rings is 7. The maximum absolute atomic E-state index is 2.62. The summed E-state index contributed by atoms with van der Waals surface area (Å²) in [6.07, 6.45) is 0. The van der Waals surface area contributed by atoms with E-state index in [4.69, 9.17) is 0 Å². The van der Waals surface area contributed by atoms with Gasteiger partial charge in [0.2, 0.25) is 0 Å². The number of nitrogens with zero attached hydrogens (tertiary/aromatic N) is 2. The molecule has 0 spiro atoms. The Bertz CT molecular complexity index is 2470. The van der Waals surface area contributed by atoms with Gasteiger partial charge in [-0.3, -0.25) is 0 Å². The maximum atomic E-state index is 2.62. The molecular formula is C43H28B2N2. The molecule has 4 aliphatic rings. The van der Waals surface area contributed by atoms with Crippen molar-refractivity contribution in [2.45, 2.75) is 6.92 Å². The number of fused-ring (bicyclic) bond motifs is 16. The average Bonchev–Trinajstić information content (AvgIpc) is 3.14. The lowest BCUT2D eigenvalue weighted by molar-refractivity contribution is 1.30. The monoisotopic (exact) mass is 594 g/mol. The molecule has 0 saturated carbocycles. The molecule has 0 bridgehead atoms. The lowest BCUT2D eigenvalue weighted by atomic mass is 9.37. The summed E-state index contributed by atoms with van der Waals surface area (Å²) < 4.78 is 0. The Hall–Kier alpha value is -5.73. The van der Waals surface area contributed by atoms with E-state index >= 15 is 0 Å². The summed E-state index contributed by atoms with van der Waals surface area (Å²) in [4.78, 5) is 5.25. The molecule has 0 amide bonds. The predicted octanol–water partition coefficient (Wildman–Crippen LogP) is 7.80. The first-order valence-corrected chi connectivity index (χ1v) is 16.6. The zero-order valence-electron chi connectivity index (χ0n) is 26.0. The Labute approximate surface area is 275 Å². The second-order valence-corrected chi connectivity index (χ2v) is 13.3. The molecule has 0 radical (unpaired) electrons. The first-order valence-electron chi connectivity index (χ1n) is 16.6. The Morgan fingerprint density at radius 3 is 1.74 bits per heavy atom. The van der Waals surface area contributed by atoms with E-state index in [2.05, 4.69) is 168 Å². The highest BCUT2D eigenvalue weighted by atomic mass is 15.1. The molecule has 0 aliphatic carbocycles. The van der Waals surface area contributed by atoms with Crippen molar-refractivity contribution in [3.63, 3.8) is 0 Å². The van der Waals surface area contributed by atoms with E-state index in [1.165, 1.54) is 94.7 Å². The fraction of sp³-hybridized carbons (Fsp3) is 0.0233. The van der Waals surface area contributed by atoms with Crippen LogP contribution < -0.4 is 31.5 Å². The Morgan fingerprint density at radius 1 is 0.362 bits per heavy atom. The lowest BCUT2D eigenvalue weighted by Crippen LogP contribution is -2.65. The van der Waals surface area contributed by atoms with E-state index < -0.39 is 0 Å². The van der Waals surface area contributed by atoms with Gasteiger partial charge in [-0.25, -0.2) is 0 Å². The van der Waals surface area contributed by atoms with Crippen LogP contribution in [0.15, 0.2) is 152 Å². The van der Waals surface area contributed by atoms with Crippen LogP contribution >= 0.6 is 0 Å². The fourth-order valence-electron chi connectivity index (χ4n) is 9.03. The molecule has 0 aromatic heterocycles. The number of hydrogen-bond donors (Lipinski definition) is 0. The van der Waals surface area contributed by atoms with Crippen LogP contribution in [0.25, 0.3) is 44.5 Å². The van der Waals surface area contributed by atoms with E-state index in [-0.39, 0.29) is 13.7 Å². The molecule has 7 aromatic carbocycles. The average molecular weight is 594 g/mol. The fourth-order valence-corrected chi connectivity index (χ4v) is 9.03. The molecule has 7 aromatic rings. The van der Waals surface area contributed by atoms with Crippen molar-refractivity contribution in [3.8, 4) is 44.5 Å². The summed E-state index contributed by atoms with van der Waals surface area (Å²) in [7, 11) is 0. The summed E-state index contributed by atoms with van der Waals surface area (Å²) in [6, 6.07) is 57.0. The molecule has 0 atom stereocenters. The molecule has 4 heterocycles. The van der Waals surface area contributed by atoms with Crippen LogP contribution in [0.1, 0.15) is 5.56 Å². The van der Waals surface area contributed by atoms with E-state index in [9.17, 15) is 0 Å². The van der Waals surface area contributed by atoms with Gasteiger partial charge in [0.15, 0.2) is 0 Å². The van der Waals surface area contributed by atoms with Crippen molar-refractivity contribution in [3.05, 3.63) is 157 Å². The molecule has 2 nitrogen and oxygen atoms in total. The van der Waals surface area contributed by atoms with Gasteiger partial charge in [-0.2, -0.15) is 0 Å². The third-order valence-electron chi connectivity index (χ3n) is 10.9. The van der Waals surface area contributed by atoms with Crippen LogP contribution in [0.4, 0.5) is 22.7 Å². The normalized spacial score (nSPS) is 13.9. The zero-order chi connectivity index (χ0) is 30.8. The Balaban J connectivity index is 1.22. The third-order valence-corrected chi connectivity index (χ3v) is 10.9. The van der Waals surface area contributed by atoms with E-state index in [1.807, 2.05) is 0 Å².